The van der Waals surface area contributed by atoms with Gasteiger partial charge in [-0.2, -0.15) is 5.10 Å². The minimum Gasteiger partial charge on any atom is -0.497 e. The van der Waals surface area contributed by atoms with Gasteiger partial charge in [0.25, 0.3) is 0 Å². The molecule has 24 heavy (non-hydrogen) atoms. The van der Waals surface area contributed by atoms with Crippen LogP contribution in [0.3, 0.4) is 0 Å². The first-order chi connectivity index (χ1) is 11.4. The lowest BCUT2D eigenvalue weighted by Gasteiger charge is -2.07. The van der Waals surface area contributed by atoms with Gasteiger partial charge in [-0.3, -0.25) is 5.10 Å². The quantitative estimate of drug-likeness (QED) is 0.634. The predicted molar refractivity (Wildman–Crippen MR) is 91.8 cm³/mol. The first-order valence-electron chi connectivity index (χ1n) is 7.57. The van der Waals surface area contributed by atoms with Crippen molar-refractivity contribution in [3.05, 3.63) is 41.3 Å². The van der Waals surface area contributed by atoms with Crippen LogP contribution in [0.15, 0.2) is 29.3 Å². The van der Waals surface area contributed by atoms with E-state index in [1.165, 1.54) is 0 Å². The van der Waals surface area contributed by atoms with Crippen molar-refractivity contribution < 1.29 is 13.2 Å². The number of hydrogen-bond donors (Lipinski definition) is 3. The highest BCUT2D eigenvalue weighted by Crippen LogP contribution is 2.24. The molecule has 0 fully saturated rings. The van der Waals surface area contributed by atoms with Gasteiger partial charge in [-0.25, -0.2) is 13.1 Å². The molecule has 0 saturated heterocycles. The summed E-state index contributed by atoms with van der Waals surface area (Å²) in [5.74, 6) is 0.772. The molecule has 8 heteroatoms. The number of hydrogen-bond acceptors (Lipinski definition) is 4. The van der Waals surface area contributed by atoms with Crippen LogP contribution in [0.4, 0.5) is 0 Å². The zero-order valence-electron chi connectivity index (χ0n) is 13.8. The molecule has 0 atom stereocenters. The van der Waals surface area contributed by atoms with Crippen molar-refractivity contribution in [1.82, 2.24) is 19.9 Å². The van der Waals surface area contributed by atoms with Crippen LogP contribution in [0.2, 0.25) is 0 Å². The molecule has 3 aromatic rings. The Balaban J connectivity index is 1.75. The lowest BCUT2D eigenvalue weighted by molar-refractivity contribution is 0.415. The van der Waals surface area contributed by atoms with E-state index in [1.54, 1.807) is 21.0 Å². The Kier molecular flexibility index (Phi) is 4.33. The summed E-state index contributed by atoms with van der Waals surface area (Å²) in [6, 6.07) is 5.77. The molecular weight excluding hydrogens is 328 g/mol. The van der Waals surface area contributed by atoms with Crippen molar-refractivity contribution in [2.45, 2.75) is 25.2 Å². The molecule has 0 amide bonds. The van der Waals surface area contributed by atoms with Gasteiger partial charge in [-0.1, -0.05) is 0 Å². The van der Waals surface area contributed by atoms with Gasteiger partial charge in [0.1, 0.15) is 10.6 Å². The number of aromatic nitrogens is 3. The fourth-order valence-electron chi connectivity index (χ4n) is 2.82. The number of H-pyrrole nitrogens is 2. The van der Waals surface area contributed by atoms with E-state index in [1.807, 2.05) is 24.4 Å². The van der Waals surface area contributed by atoms with E-state index >= 15 is 0 Å². The van der Waals surface area contributed by atoms with Crippen LogP contribution in [-0.2, 0) is 16.4 Å². The Morgan fingerprint density at radius 3 is 2.75 bits per heavy atom. The van der Waals surface area contributed by atoms with Crippen LogP contribution >= 0.6 is 0 Å². The second-order valence-corrected chi connectivity index (χ2v) is 7.34. The van der Waals surface area contributed by atoms with E-state index in [2.05, 4.69) is 19.9 Å². The standard InChI is InChI=1S/C16H20N4O3S/c1-10-16(11(2)20-19-10)24(21,22)18-7-6-12-9-17-15-5-4-13(23-3)8-14(12)15/h4-5,8-9,17-18H,6-7H2,1-3H3,(H,19,20). The van der Waals surface area contributed by atoms with Crippen LogP contribution in [-0.4, -0.2) is 37.3 Å². The summed E-state index contributed by atoms with van der Waals surface area (Å²) in [5.41, 5.74) is 3.04. The summed E-state index contributed by atoms with van der Waals surface area (Å²) in [5, 5.41) is 7.66. The molecule has 0 spiro atoms. The molecule has 0 saturated carbocycles. The summed E-state index contributed by atoms with van der Waals surface area (Å²) in [6.45, 7) is 3.67. The number of benzene rings is 1. The Bertz CT molecular complexity index is 953. The minimum atomic E-state index is -3.58. The topological polar surface area (TPSA) is 99.9 Å². The fourth-order valence-corrected chi connectivity index (χ4v) is 4.22. The largest absolute Gasteiger partial charge is 0.497 e. The van der Waals surface area contributed by atoms with Crippen molar-refractivity contribution in [2.75, 3.05) is 13.7 Å². The van der Waals surface area contributed by atoms with Crippen molar-refractivity contribution in [2.24, 2.45) is 0 Å². The van der Waals surface area contributed by atoms with E-state index < -0.39 is 10.0 Å². The third-order valence-electron chi connectivity index (χ3n) is 3.99. The number of aromatic amines is 2. The Hall–Kier alpha value is -2.32. The van der Waals surface area contributed by atoms with Crippen molar-refractivity contribution in [1.29, 1.82) is 0 Å². The summed E-state index contributed by atoms with van der Waals surface area (Å²) in [7, 11) is -1.95. The average Bonchev–Trinajstić information content (AvgIpc) is 3.10. The molecule has 2 aromatic heterocycles. The fraction of sp³-hybridized carbons (Fsp3) is 0.312. The zero-order valence-corrected chi connectivity index (χ0v) is 14.6. The molecular formula is C16H20N4O3S. The average molecular weight is 348 g/mol. The molecule has 0 radical (unpaired) electrons. The highest BCUT2D eigenvalue weighted by molar-refractivity contribution is 7.89. The van der Waals surface area contributed by atoms with E-state index in [9.17, 15) is 8.42 Å². The van der Waals surface area contributed by atoms with Gasteiger partial charge < -0.3 is 9.72 Å². The maximum Gasteiger partial charge on any atom is 0.244 e. The number of aryl methyl sites for hydroxylation is 2. The molecule has 2 heterocycles. The van der Waals surface area contributed by atoms with E-state index in [-0.39, 0.29) is 4.90 Å². The molecule has 0 aliphatic rings. The lowest BCUT2D eigenvalue weighted by atomic mass is 10.1. The molecule has 0 aliphatic heterocycles. The molecule has 0 aliphatic carbocycles. The van der Waals surface area contributed by atoms with Crippen LogP contribution in [0.25, 0.3) is 10.9 Å². The number of nitrogens with zero attached hydrogens (tertiary/aromatic N) is 1. The molecule has 1 aromatic carbocycles. The van der Waals surface area contributed by atoms with Crippen LogP contribution in [0.5, 0.6) is 5.75 Å². The number of sulfonamides is 1. The SMILES string of the molecule is COc1ccc2[nH]cc(CCNS(=O)(=O)c3c(C)n[nH]c3C)c2c1. The second-order valence-electron chi connectivity index (χ2n) is 5.64. The second kappa shape index (κ2) is 6.29. The number of ether oxygens (including phenoxy) is 1. The van der Waals surface area contributed by atoms with Gasteiger partial charge in [0.15, 0.2) is 0 Å². The van der Waals surface area contributed by atoms with Gasteiger partial charge in [0.05, 0.1) is 18.5 Å². The number of fused-ring (bicyclic) bond motifs is 1. The van der Waals surface area contributed by atoms with Crippen LogP contribution in [0.1, 0.15) is 17.0 Å². The maximum absolute atomic E-state index is 12.4. The Morgan fingerprint density at radius 2 is 2.08 bits per heavy atom. The summed E-state index contributed by atoms with van der Waals surface area (Å²) in [4.78, 5) is 3.41. The summed E-state index contributed by atoms with van der Waals surface area (Å²) >= 11 is 0. The third kappa shape index (κ3) is 3.02. The molecule has 3 N–H and O–H groups in total. The zero-order chi connectivity index (χ0) is 17.3. The molecule has 3 rings (SSSR count). The van der Waals surface area contributed by atoms with Gasteiger partial charge in [-0.15, -0.1) is 0 Å². The predicted octanol–water partition coefficient (Wildman–Crippen LogP) is 2.04. The number of methoxy groups -OCH3 is 1. The normalized spacial score (nSPS) is 12.0. The van der Waals surface area contributed by atoms with Crippen LogP contribution in [0, 0.1) is 13.8 Å². The van der Waals surface area contributed by atoms with E-state index in [0.29, 0.717) is 24.4 Å². The highest BCUT2D eigenvalue weighted by Gasteiger charge is 2.21. The van der Waals surface area contributed by atoms with Gasteiger partial charge in [0, 0.05) is 23.6 Å². The third-order valence-corrected chi connectivity index (χ3v) is 5.71. The maximum atomic E-state index is 12.4. The monoisotopic (exact) mass is 348 g/mol. The van der Waals surface area contributed by atoms with Crippen molar-refractivity contribution >= 4 is 20.9 Å². The van der Waals surface area contributed by atoms with E-state index in [0.717, 1.165) is 22.2 Å². The first-order valence-corrected chi connectivity index (χ1v) is 9.06. The van der Waals surface area contributed by atoms with Gasteiger partial charge in [-0.05, 0) is 44.0 Å². The summed E-state index contributed by atoms with van der Waals surface area (Å²) in [6.07, 6.45) is 2.47. The van der Waals surface area contributed by atoms with Crippen LogP contribution < -0.4 is 9.46 Å². The van der Waals surface area contributed by atoms with Crippen molar-refractivity contribution in [3.63, 3.8) is 0 Å². The van der Waals surface area contributed by atoms with Gasteiger partial charge >= 0.3 is 0 Å². The first kappa shape index (κ1) is 16.5. The van der Waals surface area contributed by atoms with Gasteiger partial charge in [0.2, 0.25) is 10.0 Å². The van der Waals surface area contributed by atoms with Crippen molar-refractivity contribution in [3.8, 4) is 5.75 Å². The highest BCUT2D eigenvalue weighted by atomic mass is 32.2. The molecule has 0 bridgehead atoms. The smallest absolute Gasteiger partial charge is 0.244 e. The minimum absolute atomic E-state index is 0.225. The molecule has 128 valence electrons. The lowest BCUT2D eigenvalue weighted by Crippen LogP contribution is -2.26. The summed E-state index contributed by atoms with van der Waals surface area (Å²) < 4.78 is 32.7. The Morgan fingerprint density at radius 1 is 1.29 bits per heavy atom. The molecule has 7 nitrogen and oxygen atoms in total. The van der Waals surface area contributed by atoms with E-state index in [4.69, 9.17) is 4.74 Å². The molecule has 0 unspecified atom stereocenters. The Labute approximate surface area is 140 Å². The number of rotatable bonds is 6. The number of nitrogens with one attached hydrogen (secondary N) is 3.